The van der Waals surface area contributed by atoms with Crippen molar-refractivity contribution in [1.82, 2.24) is 9.78 Å². The van der Waals surface area contributed by atoms with Gasteiger partial charge in [0.05, 0.1) is 31.6 Å². The minimum Gasteiger partial charge on any atom is -0.493 e. The molecule has 0 saturated carbocycles. The lowest BCUT2D eigenvalue weighted by atomic mass is 10.1. The SMILES string of the molecule is COc1ccc(-c2cc(CC=O)nn2Cc2ccccc2)cc1OC1CCCO1. The monoisotopic (exact) mass is 392 g/mol. The van der Waals surface area contributed by atoms with Gasteiger partial charge in [-0.2, -0.15) is 5.10 Å². The van der Waals surface area contributed by atoms with Gasteiger partial charge in [0.15, 0.2) is 17.8 Å². The van der Waals surface area contributed by atoms with E-state index in [2.05, 4.69) is 17.2 Å². The number of aromatic nitrogens is 2. The summed E-state index contributed by atoms with van der Waals surface area (Å²) in [5, 5.41) is 4.64. The van der Waals surface area contributed by atoms with Crippen molar-refractivity contribution < 1.29 is 19.0 Å². The number of aldehydes is 1. The number of hydrogen-bond donors (Lipinski definition) is 0. The highest BCUT2D eigenvalue weighted by molar-refractivity contribution is 5.66. The lowest BCUT2D eigenvalue weighted by Crippen LogP contribution is -2.14. The van der Waals surface area contributed by atoms with Crippen LogP contribution in [0, 0.1) is 0 Å². The maximum absolute atomic E-state index is 11.0. The molecule has 2 aromatic carbocycles. The van der Waals surface area contributed by atoms with Gasteiger partial charge in [0.1, 0.15) is 6.29 Å². The zero-order valence-corrected chi connectivity index (χ0v) is 16.4. The molecule has 0 bridgehead atoms. The van der Waals surface area contributed by atoms with Crippen molar-refractivity contribution in [2.45, 2.75) is 32.1 Å². The van der Waals surface area contributed by atoms with Gasteiger partial charge in [0.2, 0.25) is 0 Å². The summed E-state index contributed by atoms with van der Waals surface area (Å²) < 4.78 is 19.0. The van der Waals surface area contributed by atoms with Gasteiger partial charge < -0.3 is 19.0 Å². The number of nitrogens with zero attached hydrogens (tertiary/aromatic N) is 2. The fraction of sp³-hybridized carbons (Fsp3) is 0.304. The third-order valence-corrected chi connectivity index (χ3v) is 4.90. The predicted molar refractivity (Wildman–Crippen MR) is 109 cm³/mol. The molecule has 150 valence electrons. The molecule has 2 heterocycles. The Balaban J connectivity index is 1.69. The molecule has 1 fully saturated rings. The molecule has 0 amide bonds. The maximum Gasteiger partial charge on any atom is 0.200 e. The normalized spacial score (nSPS) is 16.0. The minimum atomic E-state index is -0.251. The highest BCUT2D eigenvalue weighted by Crippen LogP contribution is 2.35. The van der Waals surface area contributed by atoms with Crippen LogP contribution in [-0.4, -0.2) is 36.1 Å². The molecule has 4 rings (SSSR count). The van der Waals surface area contributed by atoms with Gasteiger partial charge in [-0.1, -0.05) is 30.3 Å². The zero-order valence-electron chi connectivity index (χ0n) is 16.4. The molecule has 1 aromatic heterocycles. The quantitative estimate of drug-likeness (QED) is 0.545. The van der Waals surface area contributed by atoms with Crippen molar-refractivity contribution in [3.05, 3.63) is 65.9 Å². The van der Waals surface area contributed by atoms with E-state index in [4.69, 9.17) is 14.2 Å². The number of hydrogen-bond acceptors (Lipinski definition) is 5. The first-order valence-electron chi connectivity index (χ1n) is 9.78. The molecule has 6 nitrogen and oxygen atoms in total. The molecular weight excluding hydrogens is 368 g/mol. The molecule has 1 saturated heterocycles. The Kier molecular flexibility index (Phi) is 5.91. The molecule has 6 heteroatoms. The van der Waals surface area contributed by atoms with E-state index in [1.165, 1.54) is 0 Å². The van der Waals surface area contributed by atoms with Crippen LogP contribution < -0.4 is 9.47 Å². The second-order valence-electron chi connectivity index (χ2n) is 6.96. The molecule has 0 radical (unpaired) electrons. The Morgan fingerprint density at radius 1 is 1.17 bits per heavy atom. The van der Waals surface area contributed by atoms with E-state index in [1.54, 1.807) is 7.11 Å². The summed E-state index contributed by atoms with van der Waals surface area (Å²) in [7, 11) is 1.62. The largest absolute Gasteiger partial charge is 0.493 e. The smallest absolute Gasteiger partial charge is 0.200 e. The van der Waals surface area contributed by atoms with Crippen LogP contribution in [0.4, 0.5) is 0 Å². The van der Waals surface area contributed by atoms with Crippen molar-refractivity contribution in [1.29, 1.82) is 0 Å². The van der Waals surface area contributed by atoms with Gasteiger partial charge in [0.25, 0.3) is 0 Å². The van der Waals surface area contributed by atoms with Crippen molar-refractivity contribution >= 4 is 6.29 Å². The Morgan fingerprint density at radius 3 is 2.76 bits per heavy atom. The van der Waals surface area contributed by atoms with E-state index in [-0.39, 0.29) is 12.7 Å². The average molecular weight is 392 g/mol. The summed E-state index contributed by atoms with van der Waals surface area (Å²) in [6, 6.07) is 17.9. The Labute approximate surface area is 170 Å². The number of methoxy groups -OCH3 is 1. The minimum absolute atomic E-state index is 0.251. The van der Waals surface area contributed by atoms with Crippen molar-refractivity contribution in [3.8, 4) is 22.8 Å². The Bertz CT molecular complexity index is 962. The van der Waals surface area contributed by atoms with Crippen LogP contribution in [-0.2, 0) is 22.5 Å². The van der Waals surface area contributed by atoms with Gasteiger partial charge in [-0.05, 0) is 36.2 Å². The Hall–Kier alpha value is -3.12. The van der Waals surface area contributed by atoms with Crippen LogP contribution in [0.15, 0.2) is 54.6 Å². The van der Waals surface area contributed by atoms with Crippen LogP contribution >= 0.6 is 0 Å². The first kappa shape index (κ1) is 19.2. The standard InChI is InChI=1S/C23H24N2O4/c1-27-21-10-9-18(14-22(21)29-23-8-5-13-28-23)20-15-19(11-12-26)24-25(20)16-17-6-3-2-4-7-17/h2-4,6-7,9-10,12,14-15,23H,5,8,11,13,16H2,1H3. The topological polar surface area (TPSA) is 62.6 Å². The molecule has 1 aliphatic heterocycles. The number of ether oxygens (including phenoxy) is 3. The molecule has 0 aliphatic carbocycles. The second kappa shape index (κ2) is 8.92. The summed E-state index contributed by atoms with van der Waals surface area (Å²) in [5.41, 5.74) is 3.74. The van der Waals surface area contributed by atoms with Crippen molar-refractivity contribution in [2.75, 3.05) is 13.7 Å². The number of benzene rings is 2. The van der Waals surface area contributed by atoms with E-state index < -0.39 is 0 Å². The van der Waals surface area contributed by atoms with Gasteiger partial charge in [0, 0.05) is 18.4 Å². The number of carbonyl (C=O) groups excluding carboxylic acids is 1. The van der Waals surface area contributed by atoms with Crippen molar-refractivity contribution in [3.63, 3.8) is 0 Å². The van der Waals surface area contributed by atoms with Crippen LogP contribution in [0.5, 0.6) is 11.5 Å². The molecule has 0 spiro atoms. The highest BCUT2D eigenvalue weighted by Gasteiger charge is 2.20. The Morgan fingerprint density at radius 2 is 2.03 bits per heavy atom. The second-order valence-corrected chi connectivity index (χ2v) is 6.96. The lowest BCUT2D eigenvalue weighted by molar-refractivity contribution is -0.107. The van der Waals surface area contributed by atoms with E-state index in [0.29, 0.717) is 24.7 Å². The van der Waals surface area contributed by atoms with Crippen LogP contribution in [0.2, 0.25) is 0 Å². The van der Waals surface area contributed by atoms with Gasteiger partial charge >= 0.3 is 0 Å². The van der Waals surface area contributed by atoms with Gasteiger partial charge in [-0.25, -0.2) is 0 Å². The summed E-state index contributed by atoms with van der Waals surface area (Å²) >= 11 is 0. The van der Waals surface area contributed by atoms with E-state index >= 15 is 0 Å². The molecule has 1 unspecified atom stereocenters. The zero-order chi connectivity index (χ0) is 20.1. The summed E-state index contributed by atoms with van der Waals surface area (Å²) in [4.78, 5) is 11.0. The number of rotatable bonds is 8. The van der Waals surface area contributed by atoms with E-state index in [1.807, 2.05) is 47.1 Å². The first-order valence-corrected chi connectivity index (χ1v) is 9.78. The summed E-state index contributed by atoms with van der Waals surface area (Å²) in [6.45, 7) is 1.33. The average Bonchev–Trinajstić information content (AvgIpc) is 3.39. The van der Waals surface area contributed by atoms with Crippen LogP contribution in [0.3, 0.4) is 0 Å². The lowest BCUT2D eigenvalue weighted by Gasteiger charge is -2.17. The third kappa shape index (κ3) is 4.49. The summed E-state index contributed by atoms with van der Waals surface area (Å²) in [5.74, 6) is 1.30. The summed E-state index contributed by atoms with van der Waals surface area (Å²) in [6.07, 6.45) is 2.76. The molecule has 0 N–H and O–H groups in total. The fourth-order valence-electron chi connectivity index (χ4n) is 3.48. The van der Waals surface area contributed by atoms with Crippen molar-refractivity contribution in [2.24, 2.45) is 0 Å². The molecule has 1 atom stereocenters. The molecule has 29 heavy (non-hydrogen) atoms. The maximum atomic E-state index is 11.0. The highest BCUT2D eigenvalue weighted by atomic mass is 16.7. The van der Waals surface area contributed by atoms with Crippen LogP contribution in [0.25, 0.3) is 11.3 Å². The first-order chi connectivity index (χ1) is 14.3. The van der Waals surface area contributed by atoms with Crippen LogP contribution in [0.1, 0.15) is 24.1 Å². The van der Waals surface area contributed by atoms with Gasteiger partial charge in [-0.3, -0.25) is 4.68 Å². The van der Waals surface area contributed by atoms with E-state index in [9.17, 15) is 4.79 Å². The van der Waals surface area contributed by atoms with E-state index in [0.717, 1.165) is 41.6 Å². The molecule has 1 aliphatic rings. The third-order valence-electron chi connectivity index (χ3n) is 4.90. The molecule has 3 aromatic rings. The predicted octanol–water partition coefficient (Wildman–Crippen LogP) is 3.86. The number of carbonyl (C=O) groups is 1. The fourth-order valence-corrected chi connectivity index (χ4v) is 3.48. The molecular formula is C23H24N2O4. The van der Waals surface area contributed by atoms with Gasteiger partial charge in [-0.15, -0.1) is 0 Å².